The maximum Gasteiger partial charge on any atom is 0.264 e. The summed E-state index contributed by atoms with van der Waals surface area (Å²) in [5.41, 5.74) is 0. The van der Waals surface area contributed by atoms with Crippen molar-refractivity contribution in [3.05, 3.63) is 30.1 Å². The standard InChI is InChI=1S/C10H12N4O3S/c1-7-11-10(13-12-7)14-18(15,16)9-5-3-8(17-2)4-6-9/h3-6H,1-2H3,(H2,11,12,13,14). The van der Waals surface area contributed by atoms with Crippen LogP contribution in [0.3, 0.4) is 0 Å². The van der Waals surface area contributed by atoms with Crippen molar-refractivity contribution < 1.29 is 13.2 Å². The number of sulfonamides is 1. The molecule has 0 fully saturated rings. The fourth-order valence-electron chi connectivity index (χ4n) is 1.32. The maximum absolute atomic E-state index is 12.0. The number of methoxy groups -OCH3 is 1. The maximum atomic E-state index is 12.0. The summed E-state index contributed by atoms with van der Waals surface area (Å²) in [6, 6.07) is 6.02. The summed E-state index contributed by atoms with van der Waals surface area (Å²) in [7, 11) is -2.16. The molecule has 0 aliphatic heterocycles. The molecule has 0 saturated carbocycles. The average molecular weight is 268 g/mol. The van der Waals surface area contributed by atoms with Gasteiger partial charge in [-0.15, -0.1) is 5.10 Å². The first-order valence-corrected chi connectivity index (χ1v) is 6.55. The zero-order chi connectivity index (χ0) is 13.2. The summed E-state index contributed by atoms with van der Waals surface area (Å²) in [6.45, 7) is 1.68. The van der Waals surface area contributed by atoms with Crippen LogP contribution in [0.25, 0.3) is 0 Å². The number of benzene rings is 1. The molecule has 0 aliphatic rings. The Balaban J connectivity index is 2.24. The lowest BCUT2D eigenvalue weighted by atomic mass is 10.3. The van der Waals surface area contributed by atoms with Crippen molar-refractivity contribution >= 4 is 16.0 Å². The lowest BCUT2D eigenvalue weighted by Crippen LogP contribution is -2.13. The molecule has 18 heavy (non-hydrogen) atoms. The normalized spacial score (nSPS) is 11.2. The van der Waals surface area contributed by atoms with Crippen molar-refractivity contribution in [2.75, 3.05) is 11.8 Å². The topological polar surface area (TPSA) is 97.0 Å². The van der Waals surface area contributed by atoms with Crippen LogP contribution in [0.4, 0.5) is 5.95 Å². The van der Waals surface area contributed by atoms with Crippen molar-refractivity contribution in [1.82, 2.24) is 15.2 Å². The summed E-state index contributed by atoms with van der Waals surface area (Å²) in [6.07, 6.45) is 0. The van der Waals surface area contributed by atoms with Gasteiger partial charge in [0, 0.05) is 0 Å². The second-order valence-corrected chi connectivity index (χ2v) is 5.21. The van der Waals surface area contributed by atoms with Crippen LogP contribution in [0.15, 0.2) is 29.2 Å². The second kappa shape index (κ2) is 4.65. The molecule has 96 valence electrons. The first-order chi connectivity index (χ1) is 8.51. The molecule has 0 atom stereocenters. The number of nitrogens with one attached hydrogen (secondary N) is 2. The predicted molar refractivity (Wildman–Crippen MR) is 64.9 cm³/mol. The Morgan fingerprint density at radius 1 is 1.28 bits per heavy atom. The number of H-pyrrole nitrogens is 1. The van der Waals surface area contributed by atoms with Crippen LogP contribution < -0.4 is 9.46 Å². The van der Waals surface area contributed by atoms with Gasteiger partial charge >= 0.3 is 0 Å². The van der Waals surface area contributed by atoms with E-state index in [9.17, 15) is 8.42 Å². The van der Waals surface area contributed by atoms with E-state index in [0.717, 1.165) is 0 Å². The number of anilines is 1. The number of hydrogen-bond donors (Lipinski definition) is 2. The Bertz CT molecular complexity index is 633. The molecule has 1 aromatic carbocycles. The largest absolute Gasteiger partial charge is 0.497 e. The van der Waals surface area contributed by atoms with Crippen molar-refractivity contribution in [3.63, 3.8) is 0 Å². The van der Waals surface area contributed by atoms with Gasteiger partial charge in [0.15, 0.2) is 0 Å². The van der Waals surface area contributed by atoms with E-state index in [1.807, 2.05) is 0 Å². The third-order valence-electron chi connectivity index (χ3n) is 2.19. The summed E-state index contributed by atoms with van der Waals surface area (Å²) in [4.78, 5) is 3.99. The van der Waals surface area contributed by atoms with E-state index in [-0.39, 0.29) is 10.8 Å². The summed E-state index contributed by atoms with van der Waals surface area (Å²) < 4.78 is 31.2. The van der Waals surface area contributed by atoms with E-state index < -0.39 is 10.0 Å². The smallest absolute Gasteiger partial charge is 0.264 e. The van der Waals surface area contributed by atoms with Gasteiger partial charge in [0.25, 0.3) is 16.0 Å². The van der Waals surface area contributed by atoms with Crippen molar-refractivity contribution in [2.24, 2.45) is 0 Å². The lowest BCUT2D eigenvalue weighted by molar-refractivity contribution is 0.414. The number of hydrogen-bond acceptors (Lipinski definition) is 5. The molecule has 1 aromatic heterocycles. The van der Waals surface area contributed by atoms with Gasteiger partial charge in [0.05, 0.1) is 12.0 Å². The molecule has 0 spiro atoms. The van der Waals surface area contributed by atoms with Crippen molar-refractivity contribution in [3.8, 4) is 5.75 Å². The molecule has 1 heterocycles. The SMILES string of the molecule is COc1ccc(S(=O)(=O)Nc2n[nH]c(C)n2)cc1. The van der Waals surface area contributed by atoms with Gasteiger partial charge < -0.3 is 4.74 Å². The Morgan fingerprint density at radius 2 is 1.94 bits per heavy atom. The summed E-state index contributed by atoms with van der Waals surface area (Å²) >= 11 is 0. The van der Waals surface area contributed by atoms with Crippen LogP contribution >= 0.6 is 0 Å². The molecular weight excluding hydrogens is 256 g/mol. The van der Waals surface area contributed by atoms with Gasteiger partial charge in [-0.25, -0.2) is 13.1 Å². The highest BCUT2D eigenvalue weighted by molar-refractivity contribution is 7.92. The highest BCUT2D eigenvalue weighted by Gasteiger charge is 2.16. The van der Waals surface area contributed by atoms with Crippen LogP contribution in [0.2, 0.25) is 0 Å². The second-order valence-electron chi connectivity index (χ2n) is 3.53. The molecule has 0 amide bonds. The fourth-order valence-corrected chi connectivity index (χ4v) is 2.27. The molecule has 8 heteroatoms. The molecular formula is C10H12N4O3S. The fraction of sp³-hybridized carbons (Fsp3) is 0.200. The van der Waals surface area contributed by atoms with Crippen molar-refractivity contribution in [1.29, 1.82) is 0 Å². The number of nitrogens with zero attached hydrogens (tertiary/aromatic N) is 2. The summed E-state index contributed by atoms with van der Waals surface area (Å²) in [5.74, 6) is 1.13. The van der Waals surface area contributed by atoms with Crippen LogP contribution in [0.1, 0.15) is 5.82 Å². The van der Waals surface area contributed by atoms with Gasteiger partial charge in [-0.1, -0.05) is 0 Å². The van der Waals surface area contributed by atoms with E-state index >= 15 is 0 Å². The Labute approximate surface area is 104 Å². The monoisotopic (exact) mass is 268 g/mol. The van der Waals surface area contributed by atoms with Crippen LogP contribution in [0, 0.1) is 6.92 Å². The minimum Gasteiger partial charge on any atom is -0.497 e. The molecule has 0 radical (unpaired) electrons. The molecule has 0 saturated heterocycles. The van der Waals surface area contributed by atoms with E-state index in [1.54, 1.807) is 19.1 Å². The number of aromatic nitrogens is 3. The first kappa shape index (κ1) is 12.4. The number of rotatable bonds is 4. The van der Waals surface area contributed by atoms with Crippen LogP contribution in [0.5, 0.6) is 5.75 Å². The Morgan fingerprint density at radius 3 is 2.44 bits per heavy atom. The van der Waals surface area contributed by atoms with E-state index in [1.165, 1.54) is 19.2 Å². The van der Waals surface area contributed by atoms with E-state index in [0.29, 0.717) is 11.6 Å². The minimum atomic E-state index is -3.68. The molecule has 7 nitrogen and oxygen atoms in total. The Kier molecular flexibility index (Phi) is 3.19. The van der Waals surface area contributed by atoms with Gasteiger partial charge in [0.2, 0.25) is 0 Å². The van der Waals surface area contributed by atoms with Crippen LogP contribution in [-0.2, 0) is 10.0 Å². The highest BCUT2D eigenvalue weighted by atomic mass is 32.2. The van der Waals surface area contributed by atoms with Gasteiger partial charge in [-0.3, -0.25) is 5.10 Å². The number of ether oxygens (including phenoxy) is 1. The summed E-state index contributed by atoms with van der Waals surface area (Å²) in [5, 5.41) is 6.26. The molecule has 0 unspecified atom stereocenters. The average Bonchev–Trinajstić information content (AvgIpc) is 2.74. The molecule has 0 bridgehead atoms. The molecule has 2 rings (SSSR count). The molecule has 0 aliphatic carbocycles. The third kappa shape index (κ3) is 2.59. The van der Waals surface area contributed by atoms with Gasteiger partial charge in [-0.2, -0.15) is 4.98 Å². The first-order valence-electron chi connectivity index (χ1n) is 5.07. The van der Waals surface area contributed by atoms with Crippen LogP contribution in [-0.4, -0.2) is 30.7 Å². The highest BCUT2D eigenvalue weighted by Crippen LogP contribution is 2.17. The lowest BCUT2D eigenvalue weighted by Gasteiger charge is -2.05. The Hall–Kier alpha value is -2.09. The van der Waals surface area contributed by atoms with E-state index in [2.05, 4.69) is 19.9 Å². The van der Waals surface area contributed by atoms with Gasteiger partial charge in [0.1, 0.15) is 11.6 Å². The quantitative estimate of drug-likeness (QED) is 0.859. The molecule has 2 N–H and O–H groups in total. The third-order valence-corrected chi connectivity index (χ3v) is 3.54. The minimum absolute atomic E-state index is 0.0170. The zero-order valence-electron chi connectivity index (χ0n) is 9.84. The zero-order valence-corrected chi connectivity index (χ0v) is 10.7. The molecule has 2 aromatic rings. The number of aromatic amines is 1. The van der Waals surface area contributed by atoms with Gasteiger partial charge in [-0.05, 0) is 31.2 Å². The number of aryl methyl sites for hydroxylation is 1. The van der Waals surface area contributed by atoms with Crippen molar-refractivity contribution in [2.45, 2.75) is 11.8 Å². The van der Waals surface area contributed by atoms with E-state index in [4.69, 9.17) is 4.74 Å². The predicted octanol–water partition coefficient (Wildman–Crippen LogP) is 0.923.